The van der Waals surface area contributed by atoms with Crippen molar-refractivity contribution in [3.05, 3.63) is 77.0 Å². The number of nitrogens with zero attached hydrogens (tertiary/aromatic N) is 1. The molecule has 1 aliphatic rings. The number of piperidine rings is 1. The summed E-state index contributed by atoms with van der Waals surface area (Å²) in [6.07, 6.45) is 3.57. The number of likely N-dealkylation sites (tertiary alicyclic amines) is 1. The van der Waals surface area contributed by atoms with Crippen molar-refractivity contribution in [2.45, 2.75) is 26.7 Å². The second-order valence-corrected chi connectivity index (χ2v) is 7.51. The third kappa shape index (κ3) is 6.09. The maximum atomic E-state index is 11.2. The number of carboxylic acids is 1. The number of hydrogen-bond acceptors (Lipinski definition) is 3. The highest BCUT2D eigenvalue weighted by molar-refractivity contribution is 5.85. The van der Waals surface area contributed by atoms with E-state index >= 15 is 0 Å². The summed E-state index contributed by atoms with van der Waals surface area (Å²) in [6.45, 7) is 7.08. The molecule has 0 amide bonds. The Hall–Kier alpha value is -2.30. The molecular formula is C24H30ClNO3. The fourth-order valence-corrected chi connectivity index (χ4v) is 3.81. The van der Waals surface area contributed by atoms with E-state index in [1.54, 1.807) is 0 Å². The third-order valence-corrected chi connectivity index (χ3v) is 5.45. The Balaban J connectivity index is 0.00000300. The number of halogens is 1. The molecule has 2 aromatic rings. The van der Waals surface area contributed by atoms with Crippen LogP contribution in [0, 0.1) is 19.8 Å². The molecule has 156 valence electrons. The maximum absolute atomic E-state index is 11.2. The van der Waals surface area contributed by atoms with Gasteiger partial charge in [0.15, 0.2) is 0 Å². The molecule has 4 nitrogen and oxygen atoms in total. The van der Waals surface area contributed by atoms with Gasteiger partial charge in [0, 0.05) is 18.7 Å². The van der Waals surface area contributed by atoms with Gasteiger partial charge in [0.25, 0.3) is 0 Å². The Bertz CT molecular complexity index is 802. The second kappa shape index (κ2) is 11.0. The van der Waals surface area contributed by atoms with Crippen LogP contribution < -0.4 is 0 Å². The van der Waals surface area contributed by atoms with Crippen LogP contribution in [0.3, 0.4) is 0 Å². The minimum atomic E-state index is -0.688. The highest BCUT2D eigenvalue weighted by Crippen LogP contribution is 2.28. The van der Waals surface area contributed by atoms with E-state index in [0.717, 1.165) is 31.5 Å². The Labute approximate surface area is 179 Å². The fourth-order valence-electron chi connectivity index (χ4n) is 3.81. The number of benzene rings is 2. The minimum Gasteiger partial charge on any atom is -0.499 e. The van der Waals surface area contributed by atoms with E-state index in [1.165, 1.54) is 22.3 Å². The van der Waals surface area contributed by atoms with Crippen LogP contribution in [0.25, 0.3) is 5.57 Å². The molecule has 29 heavy (non-hydrogen) atoms. The number of aryl methyl sites for hydroxylation is 2. The van der Waals surface area contributed by atoms with Crippen molar-refractivity contribution < 1.29 is 14.6 Å². The zero-order chi connectivity index (χ0) is 19.9. The molecule has 1 aliphatic heterocycles. The molecule has 1 N–H and O–H groups in total. The molecule has 1 unspecified atom stereocenters. The molecule has 1 saturated heterocycles. The van der Waals surface area contributed by atoms with Crippen molar-refractivity contribution in [1.82, 2.24) is 4.90 Å². The van der Waals surface area contributed by atoms with Crippen molar-refractivity contribution in [2.75, 3.05) is 26.2 Å². The normalized spacial score (nSPS) is 16.6. The number of ether oxygens (including phenoxy) is 1. The summed E-state index contributed by atoms with van der Waals surface area (Å²) in [5, 5.41) is 9.24. The monoisotopic (exact) mass is 415 g/mol. The van der Waals surface area contributed by atoms with Crippen LogP contribution in [0.1, 0.15) is 35.1 Å². The van der Waals surface area contributed by atoms with Crippen molar-refractivity contribution >= 4 is 23.9 Å². The molecule has 0 saturated carbocycles. The van der Waals surface area contributed by atoms with Crippen LogP contribution in [0.5, 0.6) is 0 Å². The summed E-state index contributed by atoms with van der Waals surface area (Å²) in [4.78, 5) is 13.4. The van der Waals surface area contributed by atoms with Gasteiger partial charge in [0.05, 0.1) is 12.2 Å². The second-order valence-electron chi connectivity index (χ2n) is 7.51. The standard InChI is InChI=1S/C24H29NO3.ClH/c1-18-8-3-5-11-21(18)23(22-12-6-4-9-19(22)2)17-28-15-14-25-13-7-10-20(16-25)24(26)27;/h3-6,8-9,11-12,17,20H,7,10,13-16H2,1-2H3,(H,26,27);1H. The van der Waals surface area contributed by atoms with Gasteiger partial charge in [0.2, 0.25) is 0 Å². The van der Waals surface area contributed by atoms with Gasteiger partial charge in [-0.25, -0.2) is 0 Å². The highest BCUT2D eigenvalue weighted by atomic mass is 35.5. The SMILES string of the molecule is Cc1ccccc1C(=COCCN1CCCC(C(=O)O)C1)c1ccccc1C.Cl. The summed E-state index contributed by atoms with van der Waals surface area (Å²) in [7, 11) is 0. The summed E-state index contributed by atoms with van der Waals surface area (Å²) in [6, 6.07) is 16.7. The first-order valence-corrected chi connectivity index (χ1v) is 9.95. The van der Waals surface area contributed by atoms with E-state index < -0.39 is 5.97 Å². The number of carboxylic acid groups (broad SMARTS) is 1. The van der Waals surface area contributed by atoms with Crippen LogP contribution in [0.2, 0.25) is 0 Å². The Morgan fingerprint density at radius 3 is 2.24 bits per heavy atom. The molecule has 1 fully saturated rings. The lowest BCUT2D eigenvalue weighted by atomic mass is 9.93. The summed E-state index contributed by atoms with van der Waals surface area (Å²) >= 11 is 0. The quantitative estimate of drug-likeness (QED) is 0.514. The van der Waals surface area contributed by atoms with Gasteiger partial charge in [0.1, 0.15) is 6.61 Å². The molecule has 0 aromatic heterocycles. The average molecular weight is 416 g/mol. The van der Waals surface area contributed by atoms with Gasteiger partial charge < -0.3 is 9.84 Å². The first-order valence-electron chi connectivity index (χ1n) is 9.95. The first kappa shape index (κ1) is 23.0. The van der Waals surface area contributed by atoms with Gasteiger partial charge >= 0.3 is 5.97 Å². The van der Waals surface area contributed by atoms with Crippen molar-refractivity contribution in [1.29, 1.82) is 0 Å². The van der Waals surface area contributed by atoms with E-state index in [4.69, 9.17) is 4.74 Å². The Kier molecular flexibility index (Phi) is 8.74. The van der Waals surface area contributed by atoms with E-state index in [9.17, 15) is 9.90 Å². The topological polar surface area (TPSA) is 49.8 Å². The summed E-state index contributed by atoms with van der Waals surface area (Å²) in [5.74, 6) is -0.939. The Morgan fingerprint density at radius 1 is 1.10 bits per heavy atom. The van der Waals surface area contributed by atoms with E-state index in [2.05, 4.69) is 43.0 Å². The number of carbonyl (C=O) groups is 1. The lowest BCUT2D eigenvalue weighted by Gasteiger charge is -2.30. The fraction of sp³-hybridized carbons (Fsp3) is 0.375. The summed E-state index contributed by atoms with van der Waals surface area (Å²) in [5.41, 5.74) is 5.83. The van der Waals surface area contributed by atoms with Gasteiger partial charge in [-0.05, 0) is 55.5 Å². The molecule has 0 spiro atoms. The molecule has 2 aromatic carbocycles. The number of rotatable bonds is 7. The minimum absolute atomic E-state index is 0. The van der Waals surface area contributed by atoms with Crippen molar-refractivity contribution in [3.8, 4) is 0 Å². The molecule has 5 heteroatoms. The van der Waals surface area contributed by atoms with Gasteiger partial charge in [-0.1, -0.05) is 48.5 Å². The van der Waals surface area contributed by atoms with E-state index in [-0.39, 0.29) is 18.3 Å². The molecule has 0 radical (unpaired) electrons. The van der Waals surface area contributed by atoms with E-state index in [1.807, 2.05) is 30.5 Å². The van der Waals surface area contributed by atoms with Crippen LogP contribution in [0.15, 0.2) is 54.8 Å². The van der Waals surface area contributed by atoms with Crippen LogP contribution in [-0.2, 0) is 9.53 Å². The summed E-state index contributed by atoms with van der Waals surface area (Å²) < 4.78 is 5.96. The number of hydrogen-bond donors (Lipinski definition) is 1. The smallest absolute Gasteiger partial charge is 0.307 e. The zero-order valence-corrected chi connectivity index (χ0v) is 18.0. The van der Waals surface area contributed by atoms with Crippen molar-refractivity contribution in [3.63, 3.8) is 0 Å². The number of aliphatic carboxylic acids is 1. The zero-order valence-electron chi connectivity index (χ0n) is 17.1. The van der Waals surface area contributed by atoms with Gasteiger partial charge in [-0.2, -0.15) is 0 Å². The molecular weight excluding hydrogens is 386 g/mol. The third-order valence-electron chi connectivity index (χ3n) is 5.45. The maximum Gasteiger partial charge on any atom is 0.307 e. The van der Waals surface area contributed by atoms with E-state index in [0.29, 0.717) is 13.2 Å². The highest BCUT2D eigenvalue weighted by Gasteiger charge is 2.24. The van der Waals surface area contributed by atoms with Gasteiger partial charge in [-0.3, -0.25) is 9.69 Å². The van der Waals surface area contributed by atoms with Crippen LogP contribution in [-0.4, -0.2) is 42.2 Å². The van der Waals surface area contributed by atoms with Crippen molar-refractivity contribution in [2.24, 2.45) is 5.92 Å². The first-order chi connectivity index (χ1) is 13.6. The lowest BCUT2D eigenvalue weighted by Crippen LogP contribution is -2.40. The van der Waals surface area contributed by atoms with Gasteiger partial charge in [-0.15, -0.1) is 12.4 Å². The molecule has 1 heterocycles. The molecule has 3 rings (SSSR count). The average Bonchev–Trinajstić information content (AvgIpc) is 2.70. The molecule has 1 atom stereocenters. The van der Waals surface area contributed by atoms with Crippen LogP contribution in [0.4, 0.5) is 0 Å². The molecule has 0 aliphatic carbocycles. The Morgan fingerprint density at radius 2 is 1.69 bits per heavy atom. The van der Waals surface area contributed by atoms with Crippen LogP contribution >= 0.6 is 12.4 Å². The molecule has 0 bridgehead atoms. The predicted molar refractivity (Wildman–Crippen MR) is 119 cm³/mol. The largest absolute Gasteiger partial charge is 0.499 e. The predicted octanol–water partition coefficient (Wildman–Crippen LogP) is 4.93. The lowest BCUT2D eigenvalue weighted by molar-refractivity contribution is -0.143.